The van der Waals surface area contributed by atoms with Gasteiger partial charge in [-0.25, -0.2) is 0 Å². The first-order valence-corrected chi connectivity index (χ1v) is 7.20. The predicted octanol–water partition coefficient (Wildman–Crippen LogP) is 3.03. The van der Waals surface area contributed by atoms with E-state index in [9.17, 15) is 9.90 Å². The molecule has 2 aromatic rings. The summed E-state index contributed by atoms with van der Waals surface area (Å²) in [5.41, 5.74) is 1.04. The number of ketones is 1. The Labute approximate surface area is 138 Å². The number of allylic oxidation sites excluding steroid dienone is 1. The summed E-state index contributed by atoms with van der Waals surface area (Å²) in [6.45, 7) is 0.198. The number of benzene rings is 2. The fourth-order valence-corrected chi connectivity index (χ4v) is 2.40. The van der Waals surface area contributed by atoms with Crippen molar-refractivity contribution < 1.29 is 28.8 Å². The van der Waals surface area contributed by atoms with Crippen molar-refractivity contribution in [3.05, 3.63) is 47.5 Å². The molecule has 6 nitrogen and oxygen atoms in total. The molecule has 0 fully saturated rings. The second-order valence-electron chi connectivity index (χ2n) is 5.01. The Morgan fingerprint density at radius 3 is 2.67 bits per heavy atom. The molecule has 0 saturated carbocycles. The molecule has 0 aliphatic carbocycles. The Morgan fingerprint density at radius 1 is 1.12 bits per heavy atom. The van der Waals surface area contributed by atoms with Crippen molar-refractivity contribution >= 4 is 11.9 Å². The fraction of sp³-hybridized carbons (Fsp3) is 0.167. The zero-order valence-corrected chi connectivity index (χ0v) is 13.2. The molecule has 0 amide bonds. The van der Waals surface area contributed by atoms with E-state index in [-0.39, 0.29) is 35.4 Å². The van der Waals surface area contributed by atoms with Gasteiger partial charge in [-0.15, -0.1) is 0 Å². The van der Waals surface area contributed by atoms with Crippen molar-refractivity contribution in [2.45, 2.75) is 0 Å². The highest BCUT2D eigenvalue weighted by atomic mass is 16.7. The number of carbonyl (C=O) groups excluding carboxylic acids is 1. The molecule has 0 saturated heterocycles. The smallest absolute Gasteiger partial charge is 0.231 e. The molecule has 124 valence electrons. The van der Waals surface area contributed by atoms with Crippen LogP contribution in [0.25, 0.3) is 6.08 Å². The molecule has 0 aromatic heterocycles. The summed E-state index contributed by atoms with van der Waals surface area (Å²) in [4.78, 5) is 12.4. The van der Waals surface area contributed by atoms with E-state index in [1.165, 1.54) is 26.4 Å². The van der Waals surface area contributed by atoms with Crippen molar-refractivity contribution in [1.82, 2.24) is 0 Å². The SMILES string of the molecule is COc1ccc(C(=O)C=Cc2ccc3c(c2)OCO3)c(OC)c1O. The topological polar surface area (TPSA) is 74.2 Å². The lowest BCUT2D eigenvalue weighted by molar-refractivity contribution is 0.104. The van der Waals surface area contributed by atoms with E-state index in [0.717, 1.165) is 5.56 Å². The summed E-state index contributed by atoms with van der Waals surface area (Å²) in [5.74, 6) is 1.13. The Bertz CT molecular complexity index is 809. The van der Waals surface area contributed by atoms with E-state index in [0.29, 0.717) is 11.5 Å². The molecule has 3 rings (SSSR count). The monoisotopic (exact) mass is 328 g/mol. The average molecular weight is 328 g/mol. The molecule has 1 aliphatic rings. The van der Waals surface area contributed by atoms with Crippen LogP contribution in [0.5, 0.6) is 28.7 Å². The van der Waals surface area contributed by atoms with Crippen LogP contribution in [0.15, 0.2) is 36.4 Å². The Kier molecular flexibility index (Phi) is 4.29. The number of aromatic hydroxyl groups is 1. The van der Waals surface area contributed by atoms with Crippen LogP contribution < -0.4 is 18.9 Å². The van der Waals surface area contributed by atoms with Gasteiger partial charge in [-0.05, 0) is 35.9 Å². The van der Waals surface area contributed by atoms with Crippen LogP contribution in [0.3, 0.4) is 0 Å². The van der Waals surface area contributed by atoms with Gasteiger partial charge in [0.15, 0.2) is 28.8 Å². The number of hydrogen-bond donors (Lipinski definition) is 1. The summed E-state index contributed by atoms with van der Waals surface area (Å²) < 4.78 is 20.7. The summed E-state index contributed by atoms with van der Waals surface area (Å²) in [7, 11) is 2.81. The first-order chi connectivity index (χ1) is 11.6. The van der Waals surface area contributed by atoms with E-state index >= 15 is 0 Å². The maximum atomic E-state index is 12.4. The normalized spacial score (nSPS) is 12.4. The highest BCUT2D eigenvalue weighted by Gasteiger charge is 2.18. The molecule has 1 N–H and O–H groups in total. The first-order valence-electron chi connectivity index (χ1n) is 7.20. The van der Waals surface area contributed by atoms with Crippen molar-refractivity contribution in [3.63, 3.8) is 0 Å². The van der Waals surface area contributed by atoms with E-state index in [2.05, 4.69) is 0 Å². The molecule has 0 bridgehead atoms. The van der Waals surface area contributed by atoms with E-state index < -0.39 is 0 Å². The van der Waals surface area contributed by atoms with Gasteiger partial charge in [0.25, 0.3) is 0 Å². The minimum Gasteiger partial charge on any atom is -0.502 e. The average Bonchev–Trinajstić information content (AvgIpc) is 3.07. The molecular weight excluding hydrogens is 312 g/mol. The summed E-state index contributed by atoms with van der Waals surface area (Å²) >= 11 is 0. The van der Waals surface area contributed by atoms with E-state index in [1.807, 2.05) is 6.07 Å². The maximum Gasteiger partial charge on any atom is 0.231 e. The molecule has 0 atom stereocenters. The second-order valence-corrected chi connectivity index (χ2v) is 5.01. The second kappa shape index (κ2) is 6.54. The van der Waals surface area contributed by atoms with Gasteiger partial charge in [0, 0.05) is 0 Å². The lowest BCUT2D eigenvalue weighted by Crippen LogP contribution is -2.00. The Balaban J connectivity index is 1.86. The number of hydrogen-bond acceptors (Lipinski definition) is 6. The lowest BCUT2D eigenvalue weighted by atomic mass is 10.1. The molecule has 1 heterocycles. The van der Waals surface area contributed by atoms with Gasteiger partial charge >= 0.3 is 0 Å². The molecular formula is C18H16O6. The van der Waals surface area contributed by atoms with Gasteiger partial charge in [-0.1, -0.05) is 12.1 Å². The quantitative estimate of drug-likeness (QED) is 0.672. The van der Waals surface area contributed by atoms with Crippen molar-refractivity contribution in [2.24, 2.45) is 0 Å². The third kappa shape index (κ3) is 2.86. The molecule has 0 spiro atoms. The summed E-state index contributed by atoms with van der Waals surface area (Å²) in [6, 6.07) is 8.45. The van der Waals surface area contributed by atoms with E-state index in [4.69, 9.17) is 18.9 Å². The highest BCUT2D eigenvalue weighted by molar-refractivity contribution is 6.09. The molecule has 2 aromatic carbocycles. The van der Waals surface area contributed by atoms with Gasteiger partial charge in [-0.2, -0.15) is 0 Å². The number of ether oxygens (including phenoxy) is 4. The molecule has 6 heteroatoms. The zero-order chi connectivity index (χ0) is 17.1. The zero-order valence-electron chi connectivity index (χ0n) is 13.2. The standard InChI is InChI=1S/C18H16O6/c1-21-15-8-5-12(18(22-2)17(15)20)13(19)6-3-11-4-7-14-16(9-11)24-10-23-14/h3-9,20H,10H2,1-2H3. The van der Waals surface area contributed by atoms with Crippen LogP contribution in [0, 0.1) is 0 Å². The summed E-state index contributed by atoms with van der Waals surface area (Å²) in [5, 5.41) is 10.1. The summed E-state index contributed by atoms with van der Waals surface area (Å²) in [6.07, 6.45) is 3.06. The highest BCUT2D eigenvalue weighted by Crippen LogP contribution is 2.39. The molecule has 0 radical (unpaired) electrons. The number of phenols is 1. The molecule has 24 heavy (non-hydrogen) atoms. The van der Waals surface area contributed by atoms with Crippen molar-refractivity contribution in [2.75, 3.05) is 21.0 Å². The van der Waals surface area contributed by atoms with Crippen molar-refractivity contribution in [3.8, 4) is 28.7 Å². The fourth-order valence-electron chi connectivity index (χ4n) is 2.40. The van der Waals surface area contributed by atoms with Crippen molar-refractivity contribution in [1.29, 1.82) is 0 Å². The minimum atomic E-state index is -0.303. The van der Waals surface area contributed by atoms with Gasteiger partial charge < -0.3 is 24.1 Å². The molecule has 1 aliphatic heterocycles. The van der Waals surface area contributed by atoms with Crippen LogP contribution >= 0.6 is 0 Å². The van der Waals surface area contributed by atoms with E-state index in [1.54, 1.807) is 24.3 Å². The van der Waals surface area contributed by atoms with Crippen LogP contribution in [-0.2, 0) is 0 Å². The minimum absolute atomic E-state index is 0.0784. The molecule has 0 unspecified atom stereocenters. The number of methoxy groups -OCH3 is 2. The number of rotatable bonds is 5. The Hall–Kier alpha value is -3.15. The number of phenolic OH excluding ortho intramolecular Hbond substituents is 1. The van der Waals surface area contributed by atoms with Crippen LogP contribution in [0.2, 0.25) is 0 Å². The van der Waals surface area contributed by atoms with Gasteiger partial charge in [-0.3, -0.25) is 4.79 Å². The van der Waals surface area contributed by atoms with Crippen LogP contribution in [0.1, 0.15) is 15.9 Å². The predicted molar refractivity (Wildman–Crippen MR) is 87.1 cm³/mol. The number of carbonyl (C=O) groups is 1. The van der Waals surface area contributed by atoms with Gasteiger partial charge in [0.1, 0.15) is 0 Å². The third-order valence-electron chi connectivity index (χ3n) is 3.61. The van der Waals surface area contributed by atoms with Crippen LogP contribution in [0.4, 0.5) is 0 Å². The van der Waals surface area contributed by atoms with Gasteiger partial charge in [0.2, 0.25) is 12.5 Å². The number of fused-ring (bicyclic) bond motifs is 1. The van der Waals surface area contributed by atoms with Crippen LogP contribution in [-0.4, -0.2) is 31.9 Å². The third-order valence-corrected chi connectivity index (χ3v) is 3.61. The largest absolute Gasteiger partial charge is 0.502 e. The first kappa shape index (κ1) is 15.7. The maximum absolute atomic E-state index is 12.4. The van der Waals surface area contributed by atoms with Gasteiger partial charge in [0.05, 0.1) is 19.8 Å². The lowest BCUT2D eigenvalue weighted by Gasteiger charge is -2.11. The Morgan fingerprint density at radius 2 is 1.92 bits per heavy atom.